The first-order valence-electron chi connectivity index (χ1n) is 5.75. The molecule has 0 aliphatic carbocycles. The third-order valence-electron chi connectivity index (χ3n) is 2.57. The Labute approximate surface area is 104 Å². The van der Waals surface area contributed by atoms with Crippen LogP contribution in [0.1, 0.15) is 24.3 Å². The summed E-state index contributed by atoms with van der Waals surface area (Å²) in [6, 6.07) is 4.44. The summed E-state index contributed by atoms with van der Waals surface area (Å²) in [6.07, 6.45) is -0.167. The Morgan fingerprint density at radius 2 is 2.33 bits per heavy atom. The standard InChI is InChI=1S/C12H16N2O4/c1-12(2)17-7-8(18-12)6-13-11(16)9-4-3-5-10(15)14-9/h3-5,8H,6-7H2,1-2H3,(H,13,16)(H,14,15). The molecule has 98 valence electrons. The Hall–Kier alpha value is -1.66. The quantitative estimate of drug-likeness (QED) is 0.808. The van der Waals surface area contributed by atoms with Crippen molar-refractivity contribution < 1.29 is 14.3 Å². The maximum absolute atomic E-state index is 11.7. The number of pyridine rings is 1. The van der Waals surface area contributed by atoms with Gasteiger partial charge in [-0.2, -0.15) is 0 Å². The zero-order valence-electron chi connectivity index (χ0n) is 10.4. The van der Waals surface area contributed by atoms with Crippen LogP contribution in [0, 0.1) is 0 Å². The van der Waals surface area contributed by atoms with Crippen molar-refractivity contribution in [2.75, 3.05) is 13.2 Å². The van der Waals surface area contributed by atoms with Gasteiger partial charge in [-0.1, -0.05) is 6.07 Å². The molecule has 1 aromatic heterocycles. The van der Waals surface area contributed by atoms with Crippen LogP contribution in [0.3, 0.4) is 0 Å². The Bertz CT molecular complexity index is 495. The molecule has 0 bridgehead atoms. The highest BCUT2D eigenvalue weighted by atomic mass is 16.7. The van der Waals surface area contributed by atoms with Gasteiger partial charge in [-0.25, -0.2) is 0 Å². The van der Waals surface area contributed by atoms with Crippen LogP contribution < -0.4 is 10.9 Å². The lowest BCUT2D eigenvalue weighted by Gasteiger charge is -2.17. The molecular formula is C12H16N2O4. The van der Waals surface area contributed by atoms with E-state index in [1.807, 2.05) is 13.8 Å². The molecule has 2 N–H and O–H groups in total. The van der Waals surface area contributed by atoms with Gasteiger partial charge in [0.1, 0.15) is 11.8 Å². The molecule has 0 radical (unpaired) electrons. The number of nitrogens with one attached hydrogen (secondary N) is 2. The Morgan fingerprint density at radius 1 is 1.56 bits per heavy atom. The minimum absolute atomic E-state index is 0.167. The van der Waals surface area contributed by atoms with Crippen molar-refractivity contribution in [2.45, 2.75) is 25.7 Å². The summed E-state index contributed by atoms with van der Waals surface area (Å²) in [6.45, 7) is 4.44. The Kier molecular flexibility index (Phi) is 3.49. The molecule has 1 aliphatic heterocycles. The van der Waals surface area contributed by atoms with E-state index in [1.54, 1.807) is 6.07 Å². The summed E-state index contributed by atoms with van der Waals surface area (Å²) in [5, 5.41) is 2.69. The van der Waals surface area contributed by atoms with Gasteiger partial charge in [-0.3, -0.25) is 9.59 Å². The molecule has 1 aromatic rings. The van der Waals surface area contributed by atoms with Crippen LogP contribution in [0.4, 0.5) is 0 Å². The smallest absolute Gasteiger partial charge is 0.267 e. The fourth-order valence-corrected chi connectivity index (χ4v) is 1.75. The predicted molar refractivity (Wildman–Crippen MR) is 64.3 cm³/mol. The first kappa shape index (κ1) is 12.8. The van der Waals surface area contributed by atoms with E-state index in [1.165, 1.54) is 12.1 Å². The minimum atomic E-state index is -0.601. The number of aromatic amines is 1. The number of ether oxygens (including phenoxy) is 2. The summed E-state index contributed by atoms with van der Waals surface area (Å²) in [5.41, 5.74) is -0.0649. The van der Waals surface area contributed by atoms with E-state index >= 15 is 0 Å². The average molecular weight is 252 g/mol. The van der Waals surface area contributed by atoms with Crippen molar-refractivity contribution in [1.82, 2.24) is 10.3 Å². The molecule has 2 heterocycles. The summed E-state index contributed by atoms with van der Waals surface area (Å²) >= 11 is 0. The monoisotopic (exact) mass is 252 g/mol. The largest absolute Gasteiger partial charge is 0.348 e. The number of carbonyl (C=O) groups is 1. The fourth-order valence-electron chi connectivity index (χ4n) is 1.75. The van der Waals surface area contributed by atoms with Crippen molar-refractivity contribution >= 4 is 5.91 Å². The third kappa shape index (κ3) is 3.18. The number of aromatic nitrogens is 1. The van der Waals surface area contributed by atoms with Gasteiger partial charge in [0.25, 0.3) is 5.91 Å². The van der Waals surface area contributed by atoms with E-state index in [4.69, 9.17) is 9.47 Å². The van der Waals surface area contributed by atoms with Crippen LogP contribution in [0.15, 0.2) is 23.0 Å². The molecule has 1 amide bonds. The normalized spacial score (nSPS) is 21.8. The van der Waals surface area contributed by atoms with E-state index in [-0.39, 0.29) is 23.3 Å². The van der Waals surface area contributed by atoms with Gasteiger partial charge < -0.3 is 19.8 Å². The number of hydrogen-bond donors (Lipinski definition) is 2. The van der Waals surface area contributed by atoms with Crippen LogP contribution in [0.5, 0.6) is 0 Å². The van der Waals surface area contributed by atoms with Gasteiger partial charge in [0.15, 0.2) is 5.79 Å². The van der Waals surface area contributed by atoms with E-state index in [0.29, 0.717) is 13.2 Å². The van der Waals surface area contributed by atoms with Crippen molar-refractivity contribution in [3.63, 3.8) is 0 Å². The molecule has 2 rings (SSSR count). The van der Waals surface area contributed by atoms with Gasteiger partial charge >= 0.3 is 0 Å². The second kappa shape index (κ2) is 4.91. The molecule has 6 nitrogen and oxygen atoms in total. The zero-order chi connectivity index (χ0) is 13.2. The molecule has 1 atom stereocenters. The number of H-pyrrole nitrogens is 1. The lowest BCUT2D eigenvalue weighted by molar-refractivity contribution is -0.137. The molecule has 1 saturated heterocycles. The van der Waals surface area contributed by atoms with Crippen molar-refractivity contribution in [2.24, 2.45) is 0 Å². The highest BCUT2D eigenvalue weighted by molar-refractivity contribution is 5.92. The first-order valence-corrected chi connectivity index (χ1v) is 5.75. The number of hydrogen-bond acceptors (Lipinski definition) is 4. The van der Waals surface area contributed by atoms with Gasteiger partial charge in [-0.05, 0) is 19.9 Å². The lowest BCUT2D eigenvalue weighted by atomic mass is 10.3. The number of rotatable bonds is 3. The highest BCUT2D eigenvalue weighted by Crippen LogP contribution is 2.21. The summed E-state index contributed by atoms with van der Waals surface area (Å²) in [4.78, 5) is 25.3. The SMILES string of the molecule is CC1(C)OCC(CNC(=O)c2cccc(=O)[nH]2)O1. The van der Waals surface area contributed by atoms with Crippen LogP contribution in [-0.4, -0.2) is 35.9 Å². The van der Waals surface area contributed by atoms with Crippen molar-refractivity contribution in [3.05, 3.63) is 34.2 Å². The van der Waals surface area contributed by atoms with Crippen LogP contribution in [0.2, 0.25) is 0 Å². The second-order valence-corrected chi connectivity index (χ2v) is 4.59. The Morgan fingerprint density at radius 3 is 2.94 bits per heavy atom. The summed E-state index contributed by atoms with van der Waals surface area (Å²) < 4.78 is 10.9. The predicted octanol–water partition coefficient (Wildman–Crippen LogP) is 0.256. The molecule has 0 aromatic carbocycles. The molecular weight excluding hydrogens is 236 g/mol. The molecule has 1 aliphatic rings. The first-order chi connectivity index (χ1) is 8.46. The van der Waals surface area contributed by atoms with E-state index in [0.717, 1.165) is 0 Å². The van der Waals surface area contributed by atoms with E-state index in [9.17, 15) is 9.59 Å². The maximum Gasteiger partial charge on any atom is 0.267 e. The number of amides is 1. The molecule has 1 unspecified atom stereocenters. The summed E-state index contributed by atoms with van der Waals surface area (Å²) in [7, 11) is 0. The van der Waals surface area contributed by atoms with Crippen LogP contribution in [0.25, 0.3) is 0 Å². The molecule has 0 saturated carbocycles. The van der Waals surface area contributed by atoms with E-state index < -0.39 is 5.79 Å². The molecule has 18 heavy (non-hydrogen) atoms. The maximum atomic E-state index is 11.7. The molecule has 1 fully saturated rings. The third-order valence-corrected chi connectivity index (χ3v) is 2.57. The highest BCUT2D eigenvalue weighted by Gasteiger charge is 2.32. The molecule has 0 spiro atoms. The van der Waals surface area contributed by atoms with Crippen molar-refractivity contribution in [3.8, 4) is 0 Å². The second-order valence-electron chi connectivity index (χ2n) is 4.59. The topological polar surface area (TPSA) is 80.4 Å². The Balaban J connectivity index is 1.88. The minimum Gasteiger partial charge on any atom is -0.348 e. The van der Waals surface area contributed by atoms with E-state index in [2.05, 4.69) is 10.3 Å². The zero-order valence-corrected chi connectivity index (χ0v) is 10.4. The summed E-state index contributed by atoms with van der Waals surface area (Å²) in [5.74, 6) is -0.933. The fraction of sp³-hybridized carbons (Fsp3) is 0.500. The van der Waals surface area contributed by atoms with Crippen molar-refractivity contribution in [1.29, 1.82) is 0 Å². The lowest BCUT2D eigenvalue weighted by Crippen LogP contribution is -2.35. The number of carbonyl (C=O) groups excluding carboxylic acids is 1. The van der Waals surface area contributed by atoms with Gasteiger partial charge in [-0.15, -0.1) is 0 Å². The molecule has 6 heteroatoms. The van der Waals surface area contributed by atoms with Gasteiger partial charge in [0.2, 0.25) is 5.56 Å². The van der Waals surface area contributed by atoms with Crippen LogP contribution in [-0.2, 0) is 9.47 Å². The van der Waals surface area contributed by atoms with Gasteiger partial charge in [0, 0.05) is 12.6 Å². The average Bonchev–Trinajstić information content (AvgIpc) is 2.66. The van der Waals surface area contributed by atoms with Gasteiger partial charge in [0.05, 0.1) is 6.61 Å². The van der Waals surface area contributed by atoms with Crippen LogP contribution >= 0.6 is 0 Å².